The summed E-state index contributed by atoms with van der Waals surface area (Å²) in [6.45, 7) is 4.16. The van der Waals surface area contributed by atoms with Crippen molar-refractivity contribution in [2.75, 3.05) is 19.0 Å². The van der Waals surface area contributed by atoms with Gasteiger partial charge < -0.3 is 14.6 Å². The molecule has 0 saturated heterocycles. The molecule has 0 aliphatic carbocycles. The number of hydrogen-bond acceptors (Lipinski definition) is 5. The first-order valence-electron chi connectivity index (χ1n) is 5.44. The molecule has 6 nitrogen and oxygen atoms in total. The molecule has 1 aromatic heterocycles. The number of methoxy groups -OCH3 is 1. The predicted octanol–water partition coefficient (Wildman–Crippen LogP) is 0.799. The van der Waals surface area contributed by atoms with Gasteiger partial charge in [-0.2, -0.15) is 0 Å². The molecule has 0 aromatic carbocycles. The molecule has 0 fully saturated rings. The van der Waals surface area contributed by atoms with Crippen molar-refractivity contribution in [1.29, 1.82) is 0 Å². The number of ether oxygens (including phenoxy) is 1. The first kappa shape index (κ1) is 13.2. The first-order chi connectivity index (χ1) is 8.06. The fourth-order valence-electron chi connectivity index (χ4n) is 1.34. The van der Waals surface area contributed by atoms with Crippen LogP contribution in [-0.2, 0) is 9.53 Å². The number of carbonyl (C=O) groups excluding carboxylic acids is 1. The van der Waals surface area contributed by atoms with E-state index in [1.165, 1.54) is 7.11 Å². The van der Waals surface area contributed by atoms with Crippen LogP contribution in [0.1, 0.15) is 26.3 Å². The Bertz CT molecular complexity index is 440. The van der Waals surface area contributed by atoms with Crippen molar-refractivity contribution < 1.29 is 9.53 Å². The number of esters is 1. The summed E-state index contributed by atoms with van der Waals surface area (Å²) in [6, 6.07) is 0.0756. The fourth-order valence-corrected chi connectivity index (χ4v) is 1.34. The van der Waals surface area contributed by atoms with Crippen LogP contribution in [0.25, 0.3) is 0 Å². The quantitative estimate of drug-likeness (QED) is 0.769. The van der Waals surface area contributed by atoms with Gasteiger partial charge in [-0.3, -0.25) is 9.59 Å². The van der Waals surface area contributed by atoms with Crippen molar-refractivity contribution in [2.24, 2.45) is 0 Å². The van der Waals surface area contributed by atoms with Crippen LogP contribution in [0.3, 0.4) is 0 Å². The van der Waals surface area contributed by atoms with Crippen LogP contribution < -0.4 is 10.9 Å². The second-order valence-electron chi connectivity index (χ2n) is 3.83. The second kappa shape index (κ2) is 6.03. The summed E-state index contributed by atoms with van der Waals surface area (Å²) in [4.78, 5) is 26.7. The van der Waals surface area contributed by atoms with Gasteiger partial charge in [0.25, 0.3) is 5.56 Å². The Morgan fingerprint density at radius 1 is 1.59 bits per heavy atom. The van der Waals surface area contributed by atoms with E-state index >= 15 is 0 Å². The van der Waals surface area contributed by atoms with E-state index in [-0.39, 0.29) is 29.8 Å². The molecule has 94 valence electrons. The number of anilines is 1. The molecule has 1 rings (SSSR count). The predicted molar refractivity (Wildman–Crippen MR) is 64.0 cm³/mol. The van der Waals surface area contributed by atoms with Gasteiger partial charge in [0.1, 0.15) is 0 Å². The van der Waals surface area contributed by atoms with Gasteiger partial charge in [0.2, 0.25) is 0 Å². The molecule has 0 amide bonds. The maximum Gasteiger partial charge on any atom is 0.307 e. The number of hydrogen-bond donors (Lipinski definition) is 1. The monoisotopic (exact) mass is 239 g/mol. The number of rotatable bonds is 5. The molecule has 1 aromatic rings. The summed E-state index contributed by atoms with van der Waals surface area (Å²) < 4.78 is 6.07. The van der Waals surface area contributed by atoms with Crippen molar-refractivity contribution in [3.8, 4) is 0 Å². The van der Waals surface area contributed by atoms with E-state index in [2.05, 4.69) is 15.0 Å². The third-order valence-corrected chi connectivity index (χ3v) is 2.27. The molecule has 1 N–H and O–H groups in total. The Labute approximate surface area is 99.6 Å². The van der Waals surface area contributed by atoms with Crippen molar-refractivity contribution in [3.05, 3.63) is 22.7 Å². The van der Waals surface area contributed by atoms with Crippen LogP contribution in [0, 0.1) is 0 Å². The smallest absolute Gasteiger partial charge is 0.307 e. The van der Waals surface area contributed by atoms with E-state index in [0.717, 1.165) is 0 Å². The Hall–Kier alpha value is -1.85. The lowest BCUT2D eigenvalue weighted by Crippen LogP contribution is -2.26. The Balaban J connectivity index is 2.69. The van der Waals surface area contributed by atoms with Crippen LogP contribution in [0.2, 0.25) is 0 Å². The van der Waals surface area contributed by atoms with Crippen molar-refractivity contribution in [3.63, 3.8) is 0 Å². The number of nitrogens with zero attached hydrogens (tertiary/aromatic N) is 2. The average molecular weight is 239 g/mol. The molecule has 0 bridgehead atoms. The molecule has 0 radical (unpaired) electrons. The summed E-state index contributed by atoms with van der Waals surface area (Å²) in [7, 11) is 1.33. The van der Waals surface area contributed by atoms with Crippen molar-refractivity contribution in [2.45, 2.75) is 26.3 Å². The maximum absolute atomic E-state index is 11.9. The van der Waals surface area contributed by atoms with Crippen LogP contribution in [0.15, 0.2) is 17.2 Å². The van der Waals surface area contributed by atoms with Gasteiger partial charge in [0, 0.05) is 25.0 Å². The average Bonchev–Trinajstić information content (AvgIpc) is 2.30. The van der Waals surface area contributed by atoms with Crippen LogP contribution in [0.5, 0.6) is 0 Å². The molecular weight excluding hydrogens is 222 g/mol. The molecular formula is C11H17N3O3. The van der Waals surface area contributed by atoms with Crippen molar-refractivity contribution in [1.82, 2.24) is 9.55 Å². The van der Waals surface area contributed by atoms with Gasteiger partial charge >= 0.3 is 5.97 Å². The number of carbonyl (C=O) groups is 1. The van der Waals surface area contributed by atoms with E-state index in [1.807, 2.05) is 13.8 Å². The first-order valence-corrected chi connectivity index (χ1v) is 5.44. The summed E-state index contributed by atoms with van der Waals surface area (Å²) in [6.07, 6.45) is 3.40. The van der Waals surface area contributed by atoms with E-state index in [1.54, 1.807) is 17.0 Å². The number of aromatic nitrogens is 2. The highest BCUT2D eigenvalue weighted by Crippen LogP contribution is 2.01. The normalized spacial score (nSPS) is 10.4. The highest BCUT2D eigenvalue weighted by atomic mass is 16.5. The zero-order valence-electron chi connectivity index (χ0n) is 10.3. The van der Waals surface area contributed by atoms with Gasteiger partial charge in [-0.05, 0) is 13.8 Å². The van der Waals surface area contributed by atoms with Crippen molar-refractivity contribution >= 4 is 11.8 Å². The lowest BCUT2D eigenvalue weighted by molar-refractivity contribution is -0.140. The van der Waals surface area contributed by atoms with Gasteiger partial charge in [0.05, 0.1) is 13.5 Å². The molecule has 0 spiro atoms. The molecule has 17 heavy (non-hydrogen) atoms. The van der Waals surface area contributed by atoms with Gasteiger partial charge in [-0.1, -0.05) is 0 Å². The highest BCUT2D eigenvalue weighted by Gasteiger charge is 2.07. The van der Waals surface area contributed by atoms with Crippen LogP contribution >= 0.6 is 0 Å². The van der Waals surface area contributed by atoms with E-state index in [9.17, 15) is 9.59 Å². The lowest BCUT2D eigenvalue weighted by atomic mass is 10.4. The van der Waals surface area contributed by atoms with E-state index < -0.39 is 0 Å². The third kappa shape index (κ3) is 3.58. The summed E-state index contributed by atoms with van der Waals surface area (Å²) in [5, 5.41) is 2.83. The molecule has 0 atom stereocenters. The molecule has 0 unspecified atom stereocenters. The Morgan fingerprint density at radius 2 is 2.29 bits per heavy atom. The largest absolute Gasteiger partial charge is 0.469 e. The summed E-state index contributed by atoms with van der Waals surface area (Å²) in [5.41, 5.74) is -0.188. The summed E-state index contributed by atoms with van der Waals surface area (Å²) >= 11 is 0. The lowest BCUT2D eigenvalue weighted by Gasteiger charge is -2.11. The maximum atomic E-state index is 11.9. The molecule has 6 heteroatoms. The fraction of sp³-hybridized carbons (Fsp3) is 0.545. The Kier molecular flexibility index (Phi) is 4.68. The molecule has 0 aliphatic rings. The van der Waals surface area contributed by atoms with Gasteiger partial charge in [0.15, 0.2) is 5.82 Å². The molecule has 1 heterocycles. The van der Waals surface area contributed by atoms with E-state index in [4.69, 9.17) is 0 Å². The van der Waals surface area contributed by atoms with Crippen LogP contribution in [-0.4, -0.2) is 29.2 Å². The zero-order chi connectivity index (χ0) is 12.8. The summed E-state index contributed by atoms with van der Waals surface area (Å²) in [5.74, 6) is -0.0669. The SMILES string of the molecule is COC(=O)CCNc1nccn(C(C)C)c1=O. The third-order valence-electron chi connectivity index (χ3n) is 2.27. The minimum Gasteiger partial charge on any atom is -0.469 e. The zero-order valence-corrected chi connectivity index (χ0v) is 10.3. The minimum atomic E-state index is -0.322. The standard InChI is InChI=1S/C11H17N3O3/c1-8(2)14-7-6-13-10(11(14)16)12-5-4-9(15)17-3/h6-8H,4-5H2,1-3H3,(H,12,13). The number of nitrogens with one attached hydrogen (secondary N) is 1. The second-order valence-corrected chi connectivity index (χ2v) is 3.83. The highest BCUT2D eigenvalue weighted by molar-refractivity contribution is 5.69. The van der Waals surface area contributed by atoms with Crippen LogP contribution in [0.4, 0.5) is 5.82 Å². The Morgan fingerprint density at radius 3 is 2.88 bits per heavy atom. The molecule has 0 aliphatic heterocycles. The minimum absolute atomic E-state index is 0.0756. The van der Waals surface area contributed by atoms with Gasteiger partial charge in [-0.15, -0.1) is 0 Å². The van der Waals surface area contributed by atoms with Gasteiger partial charge in [-0.25, -0.2) is 4.98 Å². The topological polar surface area (TPSA) is 73.2 Å². The molecule has 0 saturated carbocycles. The van der Waals surface area contributed by atoms with E-state index in [0.29, 0.717) is 6.54 Å².